The van der Waals surface area contributed by atoms with E-state index in [0.717, 1.165) is 6.42 Å². The van der Waals surface area contributed by atoms with Crippen LogP contribution >= 0.6 is 0 Å². The Morgan fingerprint density at radius 2 is 2.18 bits per heavy atom. The standard InChI is InChI=1S/C11H14/c1-3-5-7-11-9-6-8-10(11)4-2/h3-7,9-11H,1-2,8H2/b7-5-. The molecule has 0 nitrogen and oxygen atoms in total. The van der Waals surface area contributed by atoms with E-state index < -0.39 is 0 Å². The lowest BCUT2D eigenvalue weighted by Crippen LogP contribution is -2.00. The van der Waals surface area contributed by atoms with E-state index in [4.69, 9.17) is 0 Å². The molecule has 0 fully saturated rings. The molecule has 11 heavy (non-hydrogen) atoms. The summed E-state index contributed by atoms with van der Waals surface area (Å²) in [5.41, 5.74) is 0. The van der Waals surface area contributed by atoms with Gasteiger partial charge in [0.25, 0.3) is 0 Å². The Kier molecular flexibility index (Phi) is 2.91. The van der Waals surface area contributed by atoms with Gasteiger partial charge in [0.15, 0.2) is 0 Å². The molecular weight excluding hydrogens is 132 g/mol. The van der Waals surface area contributed by atoms with Crippen molar-refractivity contribution in [1.82, 2.24) is 0 Å². The molecule has 0 N–H and O–H groups in total. The van der Waals surface area contributed by atoms with Crippen molar-refractivity contribution in [2.24, 2.45) is 11.8 Å². The zero-order valence-corrected chi connectivity index (χ0v) is 6.74. The van der Waals surface area contributed by atoms with Crippen molar-refractivity contribution >= 4 is 0 Å². The maximum Gasteiger partial charge on any atom is 0.00154 e. The molecule has 1 aliphatic carbocycles. The predicted molar refractivity (Wildman–Crippen MR) is 50.3 cm³/mol. The van der Waals surface area contributed by atoms with Crippen LogP contribution in [0, 0.1) is 11.8 Å². The van der Waals surface area contributed by atoms with Crippen LogP contribution in [0.15, 0.2) is 49.6 Å². The normalized spacial score (nSPS) is 29.5. The first kappa shape index (κ1) is 8.06. The summed E-state index contributed by atoms with van der Waals surface area (Å²) in [6, 6.07) is 0. The van der Waals surface area contributed by atoms with Crippen LogP contribution < -0.4 is 0 Å². The molecule has 0 amide bonds. The third-order valence-corrected chi connectivity index (χ3v) is 2.03. The Morgan fingerprint density at radius 1 is 1.36 bits per heavy atom. The van der Waals surface area contributed by atoms with Crippen molar-refractivity contribution < 1.29 is 0 Å². The lowest BCUT2D eigenvalue weighted by Gasteiger charge is -2.09. The third kappa shape index (κ3) is 1.94. The highest BCUT2D eigenvalue weighted by Gasteiger charge is 2.15. The minimum atomic E-state index is 0.547. The van der Waals surface area contributed by atoms with Gasteiger partial charge in [0, 0.05) is 5.92 Å². The molecule has 0 spiro atoms. The first-order chi connectivity index (χ1) is 5.38. The molecule has 0 bridgehead atoms. The molecule has 2 atom stereocenters. The Hall–Kier alpha value is -1.04. The summed E-state index contributed by atoms with van der Waals surface area (Å²) >= 11 is 0. The molecule has 0 aromatic rings. The van der Waals surface area contributed by atoms with E-state index in [-0.39, 0.29) is 0 Å². The van der Waals surface area contributed by atoms with Gasteiger partial charge in [0.05, 0.1) is 0 Å². The van der Waals surface area contributed by atoms with Crippen LogP contribution in [0.5, 0.6) is 0 Å². The molecule has 0 saturated heterocycles. The highest BCUT2D eigenvalue weighted by Crippen LogP contribution is 2.26. The van der Waals surface area contributed by atoms with Crippen molar-refractivity contribution in [2.45, 2.75) is 6.42 Å². The van der Waals surface area contributed by atoms with E-state index in [1.807, 2.05) is 18.2 Å². The average molecular weight is 146 g/mol. The highest BCUT2D eigenvalue weighted by atomic mass is 14.2. The molecule has 1 aliphatic rings. The van der Waals surface area contributed by atoms with E-state index in [0.29, 0.717) is 11.8 Å². The Balaban J connectivity index is 2.55. The Labute approximate surface area is 68.6 Å². The lowest BCUT2D eigenvalue weighted by molar-refractivity contribution is 0.604. The second kappa shape index (κ2) is 3.97. The van der Waals surface area contributed by atoms with E-state index in [2.05, 4.69) is 31.4 Å². The van der Waals surface area contributed by atoms with Crippen LogP contribution in [-0.2, 0) is 0 Å². The monoisotopic (exact) mass is 146 g/mol. The molecule has 0 saturated carbocycles. The molecular formula is C11H14. The molecule has 58 valence electrons. The van der Waals surface area contributed by atoms with Gasteiger partial charge in [0.2, 0.25) is 0 Å². The van der Waals surface area contributed by atoms with Gasteiger partial charge < -0.3 is 0 Å². The van der Waals surface area contributed by atoms with Gasteiger partial charge in [0.1, 0.15) is 0 Å². The highest BCUT2D eigenvalue weighted by molar-refractivity contribution is 5.15. The van der Waals surface area contributed by atoms with Gasteiger partial charge in [-0.05, 0) is 12.3 Å². The Morgan fingerprint density at radius 3 is 2.82 bits per heavy atom. The second-order valence-corrected chi connectivity index (χ2v) is 2.76. The summed E-state index contributed by atoms with van der Waals surface area (Å²) < 4.78 is 0. The van der Waals surface area contributed by atoms with Crippen LogP contribution in [0.3, 0.4) is 0 Å². The second-order valence-electron chi connectivity index (χ2n) is 2.76. The van der Waals surface area contributed by atoms with Crippen molar-refractivity contribution in [2.75, 3.05) is 0 Å². The quantitative estimate of drug-likeness (QED) is 0.424. The maximum atomic E-state index is 3.80. The van der Waals surface area contributed by atoms with Crippen molar-refractivity contribution in [3.63, 3.8) is 0 Å². The molecule has 0 aromatic carbocycles. The summed E-state index contributed by atoms with van der Waals surface area (Å²) in [6.45, 7) is 7.44. The number of hydrogen-bond donors (Lipinski definition) is 0. The van der Waals surface area contributed by atoms with Crippen molar-refractivity contribution in [3.8, 4) is 0 Å². The smallest absolute Gasteiger partial charge is 0.00154 e. The van der Waals surface area contributed by atoms with Gasteiger partial charge in [-0.15, -0.1) is 6.58 Å². The van der Waals surface area contributed by atoms with Crippen LogP contribution in [0.4, 0.5) is 0 Å². The van der Waals surface area contributed by atoms with Crippen molar-refractivity contribution in [3.05, 3.63) is 49.6 Å². The van der Waals surface area contributed by atoms with Gasteiger partial charge >= 0.3 is 0 Å². The fraction of sp³-hybridized carbons (Fsp3) is 0.273. The van der Waals surface area contributed by atoms with Gasteiger partial charge in [-0.25, -0.2) is 0 Å². The molecule has 0 aromatic heterocycles. The minimum Gasteiger partial charge on any atom is -0.103 e. The predicted octanol–water partition coefficient (Wildman–Crippen LogP) is 3.11. The SMILES string of the molecule is C=C/C=C\C1C=CCC1C=C. The first-order valence-corrected chi connectivity index (χ1v) is 3.97. The van der Waals surface area contributed by atoms with Crippen LogP contribution in [0.25, 0.3) is 0 Å². The van der Waals surface area contributed by atoms with Crippen LogP contribution in [0.2, 0.25) is 0 Å². The van der Waals surface area contributed by atoms with Gasteiger partial charge in [-0.2, -0.15) is 0 Å². The fourth-order valence-corrected chi connectivity index (χ4v) is 1.36. The molecule has 0 aliphatic heterocycles. The molecule has 2 unspecified atom stereocenters. The van der Waals surface area contributed by atoms with Crippen LogP contribution in [0.1, 0.15) is 6.42 Å². The maximum absolute atomic E-state index is 3.80. The Bertz CT molecular complexity index is 196. The average Bonchev–Trinajstić information content (AvgIpc) is 2.47. The number of rotatable bonds is 3. The van der Waals surface area contributed by atoms with E-state index >= 15 is 0 Å². The zero-order valence-electron chi connectivity index (χ0n) is 6.74. The summed E-state index contributed by atoms with van der Waals surface area (Å²) in [5.74, 6) is 1.15. The van der Waals surface area contributed by atoms with E-state index in [1.54, 1.807) is 0 Å². The van der Waals surface area contributed by atoms with E-state index in [1.165, 1.54) is 0 Å². The fourth-order valence-electron chi connectivity index (χ4n) is 1.36. The van der Waals surface area contributed by atoms with Gasteiger partial charge in [-0.3, -0.25) is 0 Å². The zero-order chi connectivity index (χ0) is 8.10. The third-order valence-electron chi connectivity index (χ3n) is 2.03. The minimum absolute atomic E-state index is 0.547. The molecule has 1 rings (SSSR count). The molecule has 0 heteroatoms. The summed E-state index contributed by atoms with van der Waals surface area (Å²) in [5, 5.41) is 0. The largest absolute Gasteiger partial charge is 0.103 e. The first-order valence-electron chi connectivity index (χ1n) is 3.97. The summed E-state index contributed by atoms with van der Waals surface area (Å²) in [6.07, 6.45) is 13.6. The number of hydrogen-bond acceptors (Lipinski definition) is 0. The molecule has 0 radical (unpaired) electrons. The van der Waals surface area contributed by atoms with Crippen molar-refractivity contribution in [1.29, 1.82) is 0 Å². The topological polar surface area (TPSA) is 0 Å². The summed E-state index contributed by atoms with van der Waals surface area (Å²) in [4.78, 5) is 0. The lowest BCUT2D eigenvalue weighted by atomic mass is 9.95. The summed E-state index contributed by atoms with van der Waals surface area (Å²) in [7, 11) is 0. The van der Waals surface area contributed by atoms with E-state index in [9.17, 15) is 0 Å². The van der Waals surface area contributed by atoms with Gasteiger partial charge in [-0.1, -0.05) is 43.0 Å². The molecule has 0 heterocycles. The van der Waals surface area contributed by atoms with Crippen LogP contribution in [-0.4, -0.2) is 0 Å². The number of allylic oxidation sites excluding steroid dienone is 6.